The smallest absolute Gasteiger partial charge is 0.303 e. The minimum atomic E-state index is -0.870. The summed E-state index contributed by atoms with van der Waals surface area (Å²) in [6, 6.07) is -0.187. The van der Waals surface area contributed by atoms with Gasteiger partial charge in [0, 0.05) is 32.0 Å². The molecule has 114 valence electrons. The second-order valence-corrected chi connectivity index (χ2v) is 5.94. The minimum absolute atomic E-state index is 0.0250. The van der Waals surface area contributed by atoms with Crippen LogP contribution in [-0.2, 0) is 14.4 Å². The summed E-state index contributed by atoms with van der Waals surface area (Å²) < 4.78 is 0. The van der Waals surface area contributed by atoms with Crippen LogP contribution in [0.2, 0.25) is 0 Å². The molecule has 1 aliphatic rings. The zero-order valence-electron chi connectivity index (χ0n) is 12.4. The third-order valence-corrected chi connectivity index (χ3v) is 3.35. The molecule has 0 radical (unpaired) electrons. The van der Waals surface area contributed by atoms with Crippen molar-refractivity contribution in [2.45, 2.75) is 46.1 Å². The number of carbonyl (C=O) groups is 3. The highest BCUT2D eigenvalue weighted by molar-refractivity contribution is 5.89. The first-order valence-corrected chi connectivity index (χ1v) is 7.09. The monoisotopic (exact) mass is 284 g/mol. The Morgan fingerprint density at radius 2 is 2.05 bits per heavy atom. The van der Waals surface area contributed by atoms with Crippen molar-refractivity contribution >= 4 is 17.8 Å². The molecule has 1 fully saturated rings. The number of carboxylic acids is 1. The van der Waals surface area contributed by atoms with Gasteiger partial charge in [-0.3, -0.25) is 14.4 Å². The van der Waals surface area contributed by atoms with E-state index in [4.69, 9.17) is 5.11 Å². The number of amides is 2. The molecule has 0 aromatic rings. The largest absolute Gasteiger partial charge is 0.481 e. The number of likely N-dealkylation sites (tertiary alicyclic amines) is 1. The number of rotatable bonds is 7. The molecule has 2 amide bonds. The van der Waals surface area contributed by atoms with Gasteiger partial charge in [-0.2, -0.15) is 0 Å². The van der Waals surface area contributed by atoms with E-state index in [0.717, 1.165) is 0 Å². The first-order valence-electron chi connectivity index (χ1n) is 7.09. The lowest BCUT2D eigenvalue weighted by Gasteiger charge is -2.19. The van der Waals surface area contributed by atoms with Gasteiger partial charge in [-0.1, -0.05) is 13.8 Å². The van der Waals surface area contributed by atoms with E-state index in [1.807, 2.05) is 13.8 Å². The Morgan fingerprint density at radius 1 is 1.40 bits per heavy atom. The zero-order valence-corrected chi connectivity index (χ0v) is 12.4. The average molecular weight is 284 g/mol. The number of carboxylic acid groups (broad SMARTS) is 1. The number of hydrogen-bond acceptors (Lipinski definition) is 3. The summed E-state index contributed by atoms with van der Waals surface area (Å²) in [6.07, 6.45) is 0.687. The molecule has 0 spiro atoms. The number of nitrogens with one attached hydrogen (secondary N) is 1. The van der Waals surface area contributed by atoms with Crippen LogP contribution < -0.4 is 5.32 Å². The van der Waals surface area contributed by atoms with E-state index in [2.05, 4.69) is 5.32 Å². The summed E-state index contributed by atoms with van der Waals surface area (Å²) in [5.41, 5.74) is 0. The Balaban J connectivity index is 2.41. The fourth-order valence-electron chi connectivity index (χ4n) is 2.34. The van der Waals surface area contributed by atoms with Crippen molar-refractivity contribution < 1.29 is 19.5 Å². The van der Waals surface area contributed by atoms with Crippen molar-refractivity contribution in [2.75, 3.05) is 13.1 Å². The standard InChI is InChI=1S/C14H24N2O4/c1-9(2)7-16-8-11(6-12(16)17)14(20)15-10(3)4-5-13(18)19/h9-11H,4-8H2,1-3H3,(H,15,20)(H,18,19). The third kappa shape index (κ3) is 5.19. The van der Waals surface area contributed by atoms with Gasteiger partial charge in [-0.25, -0.2) is 0 Å². The number of carbonyl (C=O) groups excluding carboxylic acids is 2. The Kier molecular flexibility index (Phi) is 5.98. The van der Waals surface area contributed by atoms with Crippen LogP contribution in [-0.4, -0.2) is 46.9 Å². The predicted molar refractivity (Wildman–Crippen MR) is 74.0 cm³/mol. The van der Waals surface area contributed by atoms with Crippen LogP contribution in [0, 0.1) is 11.8 Å². The Hall–Kier alpha value is -1.59. The molecule has 6 nitrogen and oxygen atoms in total. The van der Waals surface area contributed by atoms with E-state index in [-0.39, 0.29) is 36.6 Å². The lowest BCUT2D eigenvalue weighted by Crippen LogP contribution is -2.39. The van der Waals surface area contributed by atoms with Gasteiger partial charge in [0.25, 0.3) is 0 Å². The minimum Gasteiger partial charge on any atom is -0.481 e. The predicted octanol–water partition coefficient (Wildman–Crippen LogP) is 0.860. The molecule has 2 unspecified atom stereocenters. The topological polar surface area (TPSA) is 86.7 Å². The van der Waals surface area contributed by atoms with Gasteiger partial charge < -0.3 is 15.3 Å². The second kappa shape index (κ2) is 7.26. The van der Waals surface area contributed by atoms with Gasteiger partial charge in [-0.15, -0.1) is 0 Å². The van der Waals surface area contributed by atoms with Crippen LogP contribution in [0.25, 0.3) is 0 Å². The van der Waals surface area contributed by atoms with E-state index in [0.29, 0.717) is 25.4 Å². The fraction of sp³-hybridized carbons (Fsp3) is 0.786. The van der Waals surface area contributed by atoms with Crippen LogP contribution in [0.5, 0.6) is 0 Å². The number of nitrogens with zero attached hydrogens (tertiary/aromatic N) is 1. The molecule has 6 heteroatoms. The van der Waals surface area contributed by atoms with E-state index in [1.165, 1.54) is 0 Å². The van der Waals surface area contributed by atoms with Gasteiger partial charge in [0.1, 0.15) is 0 Å². The van der Waals surface area contributed by atoms with Gasteiger partial charge >= 0.3 is 5.97 Å². The molecular formula is C14H24N2O4. The summed E-state index contributed by atoms with van der Waals surface area (Å²) >= 11 is 0. The van der Waals surface area contributed by atoms with E-state index in [9.17, 15) is 14.4 Å². The lowest BCUT2D eigenvalue weighted by atomic mass is 10.1. The molecule has 0 bridgehead atoms. The number of hydrogen-bond donors (Lipinski definition) is 2. The maximum absolute atomic E-state index is 12.0. The van der Waals surface area contributed by atoms with E-state index in [1.54, 1.807) is 11.8 Å². The highest BCUT2D eigenvalue weighted by Gasteiger charge is 2.34. The molecule has 1 saturated heterocycles. The Labute approximate surface area is 119 Å². The molecule has 2 N–H and O–H groups in total. The average Bonchev–Trinajstić information content (AvgIpc) is 2.67. The molecule has 1 aliphatic heterocycles. The Bertz CT molecular complexity index is 381. The van der Waals surface area contributed by atoms with Gasteiger partial charge in [0.2, 0.25) is 11.8 Å². The van der Waals surface area contributed by atoms with Crippen molar-refractivity contribution in [2.24, 2.45) is 11.8 Å². The first kappa shape index (κ1) is 16.5. The molecule has 0 saturated carbocycles. The molecule has 0 aliphatic carbocycles. The van der Waals surface area contributed by atoms with Crippen molar-refractivity contribution in [1.29, 1.82) is 0 Å². The van der Waals surface area contributed by atoms with Gasteiger partial charge in [0.05, 0.1) is 5.92 Å². The van der Waals surface area contributed by atoms with Crippen molar-refractivity contribution in [3.63, 3.8) is 0 Å². The van der Waals surface area contributed by atoms with Crippen LogP contribution in [0.1, 0.15) is 40.0 Å². The van der Waals surface area contributed by atoms with Crippen molar-refractivity contribution in [3.8, 4) is 0 Å². The zero-order chi connectivity index (χ0) is 15.3. The van der Waals surface area contributed by atoms with Crippen molar-refractivity contribution in [1.82, 2.24) is 10.2 Å². The highest BCUT2D eigenvalue weighted by Crippen LogP contribution is 2.19. The molecule has 1 heterocycles. The van der Waals surface area contributed by atoms with Gasteiger partial charge in [0.15, 0.2) is 0 Å². The maximum atomic E-state index is 12.0. The van der Waals surface area contributed by atoms with Crippen molar-refractivity contribution in [3.05, 3.63) is 0 Å². The summed E-state index contributed by atoms with van der Waals surface area (Å²) in [4.78, 5) is 36.0. The van der Waals surface area contributed by atoms with Crippen LogP contribution in [0.3, 0.4) is 0 Å². The molecule has 0 aromatic heterocycles. The fourth-order valence-corrected chi connectivity index (χ4v) is 2.34. The summed E-state index contributed by atoms with van der Waals surface area (Å²) in [5.74, 6) is -0.923. The molecule has 1 rings (SSSR count). The van der Waals surface area contributed by atoms with Crippen LogP contribution in [0.4, 0.5) is 0 Å². The number of aliphatic carboxylic acids is 1. The lowest BCUT2D eigenvalue weighted by molar-refractivity contribution is -0.137. The van der Waals surface area contributed by atoms with E-state index < -0.39 is 5.97 Å². The third-order valence-electron chi connectivity index (χ3n) is 3.35. The molecule has 20 heavy (non-hydrogen) atoms. The van der Waals surface area contributed by atoms with Crippen LogP contribution >= 0.6 is 0 Å². The summed E-state index contributed by atoms with van der Waals surface area (Å²) in [6.45, 7) is 7.00. The quantitative estimate of drug-likeness (QED) is 0.726. The van der Waals surface area contributed by atoms with Gasteiger partial charge in [-0.05, 0) is 19.3 Å². The molecular weight excluding hydrogens is 260 g/mol. The maximum Gasteiger partial charge on any atom is 0.303 e. The first-order chi connectivity index (χ1) is 9.29. The van der Waals surface area contributed by atoms with E-state index >= 15 is 0 Å². The SMILES string of the molecule is CC(C)CN1CC(C(=O)NC(C)CCC(=O)O)CC1=O. The second-order valence-electron chi connectivity index (χ2n) is 5.94. The molecule has 0 aromatic carbocycles. The normalized spacial score (nSPS) is 20.3. The summed E-state index contributed by atoms with van der Waals surface area (Å²) in [5, 5.41) is 11.4. The highest BCUT2D eigenvalue weighted by atomic mass is 16.4. The van der Waals surface area contributed by atoms with Crippen LogP contribution in [0.15, 0.2) is 0 Å². The Morgan fingerprint density at radius 3 is 2.60 bits per heavy atom. The summed E-state index contributed by atoms with van der Waals surface area (Å²) in [7, 11) is 0. The molecule has 2 atom stereocenters.